The number of carbonyl (C=O) groups excluding carboxylic acids is 1. The van der Waals surface area contributed by atoms with Crippen LogP contribution in [0.25, 0.3) is 0 Å². The van der Waals surface area contributed by atoms with Gasteiger partial charge in [-0.2, -0.15) is 0 Å². The largest absolute Gasteiger partial charge is 0.382 e. The summed E-state index contributed by atoms with van der Waals surface area (Å²) in [6.45, 7) is 1.52. The van der Waals surface area contributed by atoms with E-state index in [1.165, 1.54) is 6.92 Å². The second-order valence-electron chi connectivity index (χ2n) is 3.93. The summed E-state index contributed by atoms with van der Waals surface area (Å²) >= 11 is 0. The Morgan fingerprint density at radius 1 is 1.27 bits per heavy atom. The van der Waals surface area contributed by atoms with Crippen molar-refractivity contribution in [2.75, 3.05) is 0 Å². The van der Waals surface area contributed by atoms with E-state index in [1.54, 1.807) is 0 Å². The highest BCUT2D eigenvalue weighted by Gasteiger charge is 2.56. The highest BCUT2D eigenvalue weighted by molar-refractivity contribution is 5.86. The molecule has 2 aliphatic rings. The lowest BCUT2D eigenvalue weighted by Crippen LogP contribution is -2.41. The van der Waals surface area contributed by atoms with Crippen LogP contribution in [0.15, 0.2) is 0 Å². The third-order valence-corrected chi connectivity index (χ3v) is 2.96. The van der Waals surface area contributed by atoms with Crippen molar-refractivity contribution in [3.63, 3.8) is 0 Å². The van der Waals surface area contributed by atoms with Crippen molar-refractivity contribution in [1.82, 2.24) is 0 Å². The van der Waals surface area contributed by atoms with Crippen molar-refractivity contribution in [1.29, 1.82) is 0 Å². The number of Topliss-reactive ketones (excluding diaryl/α,β-unsaturated/α-hetero) is 1. The van der Waals surface area contributed by atoms with Crippen LogP contribution >= 0.6 is 0 Å². The van der Waals surface area contributed by atoms with Crippen molar-refractivity contribution in [2.45, 2.75) is 38.2 Å². The molecule has 11 heavy (non-hydrogen) atoms. The topological polar surface area (TPSA) is 37.3 Å². The minimum absolute atomic E-state index is 0.0116. The normalized spacial score (nSPS) is 25.3. The van der Waals surface area contributed by atoms with E-state index in [9.17, 15) is 9.90 Å². The molecule has 0 heterocycles. The van der Waals surface area contributed by atoms with Gasteiger partial charge >= 0.3 is 0 Å². The van der Waals surface area contributed by atoms with Crippen molar-refractivity contribution < 1.29 is 9.90 Å². The zero-order valence-electron chi connectivity index (χ0n) is 6.84. The van der Waals surface area contributed by atoms with Gasteiger partial charge in [0.15, 0.2) is 5.78 Å². The molecular formula is C9H14O2. The molecule has 0 atom stereocenters. The second-order valence-corrected chi connectivity index (χ2v) is 3.93. The fraction of sp³-hybridized carbons (Fsp3) is 0.889. The molecule has 0 radical (unpaired) electrons. The maximum Gasteiger partial charge on any atom is 0.161 e. The van der Waals surface area contributed by atoms with Gasteiger partial charge in [0.1, 0.15) is 5.60 Å². The summed E-state index contributed by atoms with van der Waals surface area (Å²) in [7, 11) is 0. The monoisotopic (exact) mass is 154 g/mol. The summed E-state index contributed by atoms with van der Waals surface area (Å²) in [5.74, 6) is 0.586. The fourth-order valence-electron chi connectivity index (χ4n) is 1.96. The molecule has 0 saturated heterocycles. The number of ketones is 1. The standard InChI is InChI=1S/C9H14O2/c1-6(10)9(11,7-2-3-7)8-4-5-8/h7-8,11H,2-5H2,1H3. The van der Waals surface area contributed by atoms with Gasteiger partial charge in [-0.25, -0.2) is 0 Å². The molecule has 2 heteroatoms. The van der Waals surface area contributed by atoms with E-state index in [2.05, 4.69) is 0 Å². The van der Waals surface area contributed by atoms with Gasteiger partial charge in [0.25, 0.3) is 0 Å². The minimum Gasteiger partial charge on any atom is -0.382 e. The van der Waals surface area contributed by atoms with Crippen molar-refractivity contribution in [2.24, 2.45) is 11.8 Å². The molecule has 0 aliphatic heterocycles. The summed E-state index contributed by atoms with van der Waals surface area (Å²) < 4.78 is 0. The highest BCUT2D eigenvalue weighted by Crippen LogP contribution is 2.52. The van der Waals surface area contributed by atoms with Gasteiger partial charge in [0, 0.05) is 0 Å². The van der Waals surface area contributed by atoms with Crippen molar-refractivity contribution >= 4 is 5.78 Å². The first kappa shape index (κ1) is 7.29. The molecule has 2 fully saturated rings. The molecule has 1 N–H and O–H groups in total. The third-order valence-electron chi connectivity index (χ3n) is 2.96. The summed E-state index contributed by atoms with van der Waals surface area (Å²) in [5.41, 5.74) is -0.917. The first-order valence-electron chi connectivity index (χ1n) is 4.39. The van der Waals surface area contributed by atoms with Crippen LogP contribution in [-0.4, -0.2) is 16.5 Å². The maximum atomic E-state index is 11.2. The Morgan fingerprint density at radius 2 is 1.64 bits per heavy atom. The van der Waals surface area contributed by atoms with Crippen LogP contribution in [0.5, 0.6) is 0 Å². The molecule has 2 aliphatic carbocycles. The molecule has 2 nitrogen and oxygen atoms in total. The lowest BCUT2D eigenvalue weighted by molar-refractivity contribution is -0.139. The van der Waals surface area contributed by atoms with Crippen LogP contribution in [0.3, 0.4) is 0 Å². The van der Waals surface area contributed by atoms with Crippen LogP contribution in [0.2, 0.25) is 0 Å². The summed E-state index contributed by atoms with van der Waals surface area (Å²) in [6, 6.07) is 0. The number of rotatable bonds is 3. The van der Waals surface area contributed by atoms with E-state index in [0.29, 0.717) is 11.8 Å². The van der Waals surface area contributed by atoms with Gasteiger partial charge in [0.05, 0.1) is 0 Å². The quantitative estimate of drug-likeness (QED) is 0.661. The maximum absolute atomic E-state index is 11.2. The fourth-order valence-corrected chi connectivity index (χ4v) is 1.96. The number of hydrogen-bond acceptors (Lipinski definition) is 2. The molecule has 0 unspecified atom stereocenters. The van der Waals surface area contributed by atoms with Crippen LogP contribution in [0.4, 0.5) is 0 Å². The van der Waals surface area contributed by atoms with E-state index < -0.39 is 5.60 Å². The number of hydrogen-bond donors (Lipinski definition) is 1. The molecule has 0 spiro atoms. The predicted molar refractivity (Wildman–Crippen MR) is 41.1 cm³/mol. The van der Waals surface area contributed by atoms with E-state index in [4.69, 9.17) is 0 Å². The molecule has 62 valence electrons. The lowest BCUT2D eigenvalue weighted by Gasteiger charge is -2.24. The molecule has 2 rings (SSSR count). The molecular weight excluding hydrogens is 140 g/mol. The smallest absolute Gasteiger partial charge is 0.161 e. The van der Waals surface area contributed by atoms with Crippen LogP contribution in [0.1, 0.15) is 32.6 Å². The average molecular weight is 154 g/mol. The second kappa shape index (κ2) is 2.07. The summed E-state index contributed by atoms with van der Waals surface area (Å²) in [4.78, 5) is 11.2. The first-order valence-corrected chi connectivity index (χ1v) is 4.39. The minimum atomic E-state index is -0.917. The Kier molecular flexibility index (Phi) is 1.37. The SMILES string of the molecule is CC(=O)C(O)(C1CC1)C1CC1. The van der Waals surface area contributed by atoms with E-state index in [0.717, 1.165) is 25.7 Å². The zero-order valence-corrected chi connectivity index (χ0v) is 6.84. The Morgan fingerprint density at radius 3 is 1.82 bits per heavy atom. The number of carbonyl (C=O) groups is 1. The highest BCUT2D eigenvalue weighted by atomic mass is 16.3. The van der Waals surface area contributed by atoms with E-state index in [-0.39, 0.29) is 5.78 Å². The van der Waals surface area contributed by atoms with E-state index in [1.807, 2.05) is 0 Å². The van der Waals surface area contributed by atoms with E-state index >= 15 is 0 Å². The zero-order chi connectivity index (χ0) is 8.06. The Hall–Kier alpha value is -0.370. The predicted octanol–water partition coefficient (Wildman–Crippen LogP) is 1.13. The van der Waals surface area contributed by atoms with Gasteiger partial charge in [-0.05, 0) is 44.4 Å². The molecule has 0 aromatic carbocycles. The van der Waals surface area contributed by atoms with Gasteiger partial charge in [0.2, 0.25) is 0 Å². The molecule has 0 aromatic rings. The van der Waals surface area contributed by atoms with Crippen LogP contribution < -0.4 is 0 Å². The third kappa shape index (κ3) is 1.00. The van der Waals surface area contributed by atoms with Gasteiger partial charge < -0.3 is 5.11 Å². The van der Waals surface area contributed by atoms with Crippen molar-refractivity contribution in [3.05, 3.63) is 0 Å². The molecule has 0 amide bonds. The van der Waals surface area contributed by atoms with Crippen LogP contribution in [-0.2, 0) is 4.79 Å². The average Bonchev–Trinajstić information content (AvgIpc) is 2.79. The van der Waals surface area contributed by atoms with Gasteiger partial charge in [-0.1, -0.05) is 0 Å². The van der Waals surface area contributed by atoms with Crippen LogP contribution in [0, 0.1) is 11.8 Å². The van der Waals surface area contributed by atoms with Gasteiger partial charge in [-0.15, -0.1) is 0 Å². The molecule has 0 bridgehead atoms. The first-order chi connectivity index (χ1) is 5.15. The Bertz CT molecular complexity index is 178. The van der Waals surface area contributed by atoms with Crippen molar-refractivity contribution in [3.8, 4) is 0 Å². The summed E-state index contributed by atoms with van der Waals surface area (Å²) in [6.07, 6.45) is 4.19. The summed E-state index contributed by atoms with van der Waals surface area (Å²) in [5, 5.41) is 10.0. The number of aliphatic hydroxyl groups is 1. The lowest BCUT2D eigenvalue weighted by atomic mass is 9.88. The molecule has 0 aromatic heterocycles. The van der Waals surface area contributed by atoms with Gasteiger partial charge in [-0.3, -0.25) is 4.79 Å². The molecule has 2 saturated carbocycles. The Labute approximate surface area is 66.6 Å². The Balaban J connectivity index is 2.16.